The molecule has 3 aromatic rings. The minimum absolute atomic E-state index is 0.0298. The van der Waals surface area contributed by atoms with Gasteiger partial charge in [0.05, 0.1) is 24.2 Å². The predicted octanol–water partition coefficient (Wildman–Crippen LogP) is 3.27. The lowest BCUT2D eigenvalue weighted by molar-refractivity contribution is 0.0600. The number of ether oxygens (including phenoxy) is 2. The van der Waals surface area contributed by atoms with E-state index in [1.807, 2.05) is 24.3 Å². The third-order valence-electron chi connectivity index (χ3n) is 4.64. The number of allylic oxidation sites excluding steroid dienone is 1. The maximum absolute atomic E-state index is 12.9. The van der Waals surface area contributed by atoms with Crippen LogP contribution in [0, 0.1) is 11.3 Å². The van der Waals surface area contributed by atoms with Crippen LogP contribution in [0.15, 0.2) is 64.8 Å². The average molecular weight is 390 g/mol. The van der Waals surface area contributed by atoms with E-state index in [0.717, 1.165) is 21.4 Å². The monoisotopic (exact) mass is 390 g/mol. The number of nitrogens with zero attached hydrogens (tertiary/aromatic N) is 1. The summed E-state index contributed by atoms with van der Waals surface area (Å²) in [4.78, 5) is 24.6. The summed E-state index contributed by atoms with van der Waals surface area (Å²) < 4.78 is 11.0. The zero-order chi connectivity index (χ0) is 19.8. The molecule has 0 fully saturated rings. The molecule has 0 spiro atoms. The Balaban J connectivity index is 1.97. The Hall–Kier alpha value is -3.63. The van der Waals surface area contributed by atoms with Crippen LogP contribution in [0.4, 0.5) is 0 Å². The quantitative estimate of drug-likeness (QED) is 0.674. The van der Waals surface area contributed by atoms with E-state index in [9.17, 15) is 14.9 Å². The smallest absolute Gasteiger partial charge is 0.337 e. The van der Waals surface area contributed by atoms with Gasteiger partial charge in [0.2, 0.25) is 10.6 Å². The van der Waals surface area contributed by atoms with Gasteiger partial charge in [0.1, 0.15) is 17.4 Å². The van der Waals surface area contributed by atoms with Gasteiger partial charge >= 0.3 is 5.97 Å². The van der Waals surface area contributed by atoms with Gasteiger partial charge in [-0.3, -0.25) is 4.79 Å². The number of hydrogen-bond acceptors (Lipinski definition) is 7. The number of nitrogens with two attached hydrogens (primary N) is 1. The Bertz CT molecular complexity index is 1240. The molecule has 0 bridgehead atoms. The van der Waals surface area contributed by atoms with Crippen molar-refractivity contribution >= 4 is 27.4 Å². The molecule has 0 aliphatic carbocycles. The molecule has 0 saturated heterocycles. The first-order valence-corrected chi connectivity index (χ1v) is 9.18. The van der Waals surface area contributed by atoms with Crippen molar-refractivity contribution in [3.63, 3.8) is 0 Å². The highest BCUT2D eigenvalue weighted by atomic mass is 32.1. The maximum Gasteiger partial charge on any atom is 0.337 e. The van der Waals surface area contributed by atoms with Crippen molar-refractivity contribution in [1.29, 1.82) is 5.26 Å². The van der Waals surface area contributed by atoms with Crippen LogP contribution in [0.5, 0.6) is 5.75 Å². The molecule has 0 amide bonds. The zero-order valence-corrected chi connectivity index (χ0v) is 15.6. The Morgan fingerprint density at radius 2 is 1.93 bits per heavy atom. The molecule has 0 saturated carbocycles. The molecule has 2 N–H and O–H groups in total. The molecule has 138 valence electrons. The van der Waals surface area contributed by atoms with Crippen molar-refractivity contribution in [1.82, 2.24) is 0 Å². The Morgan fingerprint density at radius 3 is 2.61 bits per heavy atom. The van der Waals surface area contributed by atoms with Gasteiger partial charge in [-0.05, 0) is 29.8 Å². The molecule has 2 aromatic carbocycles. The van der Waals surface area contributed by atoms with E-state index in [4.69, 9.17) is 15.2 Å². The summed E-state index contributed by atoms with van der Waals surface area (Å²) in [5.41, 5.74) is 7.61. The lowest BCUT2D eigenvalue weighted by Gasteiger charge is -2.26. The van der Waals surface area contributed by atoms with Gasteiger partial charge < -0.3 is 15.2 Å². The zero-order valence-electron chi connectivity index (χ0n) is 14.8. The molecule has 28 heavy (non-hydrogen) atoms. The highest BCUT2D eigenvalue weighted by Crippen LogP contribution is 2.44. The topological polar surface area (TPSA) is 102 Å². The fourth-order valence-corrected chi connectivity index (χ4v) is 4.27. The Labute approximate surface area is 164 Å². The molecule has 6 nitrogen and oxygen atoms in total. The van der Waals surface area contributed by atoms with Crippen molar-refractivity contribution in [3.8, 4) is 11.8 Å². The molecule has 0 radical (unpaired) electrons. The summed E-state index contributed by atoms with van der Waals surface area (Å²) >= 11 is 1.10. The number of carbonyl (C=O) groups excluding carboxylic acids is 1. The van der Waals surface area contributed by atoms with E-state index in [0.29, 0.717) is 22.4 Å². The second-order valence-corrected chi connectivity index (χ2v) is 7.18. The van der Waals surface area contributed by atoms with Crippen molar-refractivity contribution in [3.05, 3.63) is 86.2 Å². The van der Waals surface area contributed by atoms with Gasteiger partial charge in [-0.25, -0.2) is 4.79 Å². The maximum atomic E-state index is 12.9. The van der Waals surface area contributed by atoms with Crippen LogP contribution in [0.1, 0.15) is 27.4 Å². The average Bonchev–Trinajstić information content (AvgIpc) is 2.72. The number of esters is 1. The van der Waals surface area contributed by atoms with E-state index in [1.54, 1.807) is 24.3 Å². The van der Waals surface area contributed by atoms with Crippen molar-refractivity contribution in [2.45, 2.75) is 5.92 Å². The Kier molecular flexibility index (Phi) is 4.34. The highest BCUT2D eigenvalue weighted by Gasteiger charge is 2.34. The highest BCUT2D eigenvalue weighted by molar-refractivity contribution is 7.16. The summed E-state index contributed by atoms with van der Waals surface area (Å²) in [5.74, 6) is -0.795. The molecule has 1 unspecified atom stereocenters. The third kappa shape index (κ3) is 2.71. The van der Waals surface area contributed by atoms with Crippen molar-refractivity contribution in [2.24, 2.45) is 5.73 Å². The third-order valence-corrected chi connectivity index (χ3v) is 5.62. The SMILES string of the molecule is COC(=O)c1ccc(C2C(C#N)=C(N)Oc3c2c(=O)sc2ccccc32)cc1. The van der Waals surface area contributed by atoms with Crippen LogP contribution in [-0.4, -0.2) is 13.1 Å². The second-order valence-electron chi connectivity index (χ2n) is 6.17. The first-order chi connectivity index (χ1) is 13.5. The van der Waals surface area contributed by atoms with E-state index in [-0.39, 0.29) is 16.2 Å². The summed E-state index contributed by atoms with van der Waals surface area (Å²) in [7, 11) is 1.30. The molecule has 1 aliphatic heterocycles. The van der Waals surface area contributed by atoms with Crippen LogP contribution in [0.3, 0.4) is 0 Å². The van der Waals surface area contributed by atoms with Crippen molar-refractivity contribution < 1.29 is 14.3 Å². The van der Waals surface area contributed by atoms with Gasteiger partial charge in [0, 0.05) is 10.1 Å². The number of benzene rings is 2. The minimum Gasteiger partial charge on any atom is -0.465 e. The predicted molar refractivity (Wildman–Crippen MR) is 105 cm³/mol. The fraction of sp³-hybridized carbons (Fsp3) is 0.0952. The standard InChI is InChI=1S/C21H14N2O4S/c1-26-20(24)12-8-6-11(7-9-12)16-14(10-22)19(23)27-18-13-4-2-3-5-15(13)28-21(25)17(16)18/h2-9,16H,23H2,1H3. The number of methoxy groups -OCH3 is 1. The van der Waals surface area contributed by atoms with Crippen LogP contribution in [0.2, 0.25) is 0 Å². The molecular weight excluding hydrogens is 376 g/mol. The van der Waals surface area contributed by atoms with Gasteiger partial charge in [-0.1, -0.05) is 35.6 Å². The van der Waals surface area contributed by atoms with Crippen LogP contribution < -0.4 is 15.2 Å². The van der Waals surface area contributed by atoms with Gasteiger partial charge in [0.15, 0.2) is 0 Å². The van der Waals surface area contributed by atoms with Crippen LogP contribution in [0.25, 0.3) is 10.1 Å². The summed E-state index contributed by atoms with van der Waals surface area (Å²) in [6.45, 7) is 0. The lowest BCUT2D eigenvalue weighted by atomic mass is 9.84. The minimum atomic E-state index is -0.672. The molecule has 1 aliphatic rings. The first-order valence-electron chi connectivity index (χ1n) is 8.36. The van der Waals surface area contributed by atoms with E-state index in [1.165, 1.54) is 7.11 Å². The van der Waals surface area contributed by atoms with E-state index >= 15 is 0 Å². The van der Waals surface area contributed by atoms with E-state index < -0.39 is 11.9 Å². The second kappa shape index (κ2) is 6.83. The van der Waals surface area contributed by atoms with Gasteiger partial charge in [-0.15, -0.1) is 0 Å². The largest absolute Gasteiger partial charge is 0.465 e. The molecule has 1 atom stereocenters. The molecule has 7 heteroatoms. The van der Waals surface area contributed by atoms with Crippen LogP contribution in [-0.2, 0) is 4.74 Å². The normalized spacial score (nSPS) is 15.5. The van der Waals surface area contributed by atoms with Crippen molar-refractivity contribution in [2.75, 3.05) is 7.11 Å². The number of hydrogen-bond donors (Lipinski definition) is 1. The summed E-state index contributed by atoms with van der Waals surface area (Å²) in [5, 5.41) is 10.4. The Morgan fingerprint density at radius 1 is 1.21 bits per heavy atom. The van der Waals surface area contributed by atoms with Gasteiger partial charge in [-0.2, -0.15) is 5.26 Å². The first kappa shape index (κ1) is 17.8. The number of carbonyl (C=O) groups is 1. The van der Waals surface area contributed by atoms with E-state index in [2.05, 4.69) is 6.07 Å². The summed E-state index contributed by atoms with van der Waals surface area (Å²) in [6, 6.07) is 16.0. The molecule has 4 rings (SSSR count). The fourth-order valence-electron chi connectivity index (χ4n) is 3.33. The number of nitriles is 1. The molecule has 1 aromatic heterocycles. The number of fused-ring (bicyclic) bond motifs is 3. The molecule has 2 heterocycles. The lowest BCUT2D eigenvalue weighted by Crippen LogP contribution is -2.25. The van der Waals surface area contributed by atoms with Gasteiger partial charge in [0.25, 0.3) is 0 Å². The number of rotatable bonds is 2. The van der Waals surface area contributed by atoms with Crippen LogP contribution >= 0.6 is 11.3 Å². The summed E-state index contributed by atoms with van der Waals surface area (Å²) in [6.07, 6.45) is 0. The molecular formula is C21H14N2O4S.